The van der Waals surface area contributed by atoms with Crippen LogP contribution in [0.3, 0.4) is 0 Å². The molecule has 0 aliphatic rings. The Kier molecular flexibility index (Phi) is 4.43. The fraction of sp³-hybridized carbons (Fsp3) is 0.158. The van der Waals surface area contributed by atoms with Crippen molar-refractivity contribution in [2.75, 3.05) is 5.32 Å². The number of carbonyl (C=O) groups excluding carboxylic acids is 1. The average Bonchev–Trinajstić information content (AvgIpc) is 2.60. The summed E-state index contributed by atoms with van der Waals surface area (Å²) in [5, 5.41) is 14.8. The SMILES string of the molecule is CCc1ccc(NC(=O)c2cc3ccccc3nc2C)cc1[N+](=O)[O-]. The number of nitrogens with one attached hydrogen (secondary N) is 1. The van der Waals surface area contributed by atoms with Gasteiger partial charge in [-0.25, -0.2) is 0 Å². The minimum Gasteiger partial charge on any atom is -0.322 e. The zero-order valence-corrected chi connectivity index (χ0v) is 13.9. The van der Waals surface area contributed by atoms with Crippen LogP contribution in [0.5, 0.6) is 0 Å². The van der Waals surface area contributed by atoms with Crippen LogP contribution >= 0.6 is 0 Å². The van der Waals surface area contributed by atoms with Crippen LogP contribution in [0.2, 0.25) is 0 Å². The highest BCUT2D eigenvalue weighted by atomic mass is 16.6. The molecule has 0 aliphatic carbocycles. The van der Waals surface area contributed by atoms with Gasteiger partial charge in [0.1, 0.15) is 0 Å². The van der Waals surface area contributed by atoms with Crippen LogP contribution in [0.25, 0.3) is 10.9 Å². The maximum Gasteiger partial charge on any atom is 0.274 e. The van der Waals surface area contributed by atoms with E-state index in [0.717, 1.165) is 10.9 Å². The first-order valence-electron chi connectivity index (χ1n) is 7.94. The van der Waals surface area contributed by atoms with E-state index in [1.807, 2.05) is 31.2 Å². The highest BCUT2D eigenvalue weighted by Gasteiger charge is 2.16. The number of aromatic nitrogens is 1. The summed E-state index contributed by atoms with van der Waals surface area (Å²) in [6.07, 6.45) is 0.554. The summed E-state index contributed by atoms with van der Waals surface area (Å²) in [6.45, 7) is 3.62. The number of aryl methyl sites for hydroxylation is 2. The highest BCUT2D eigenvalue weighted by molar-refractivity contribution is 6.06. The van der Waals surface area contributed by atoms with Gasteiger partial charge in [-0.3, -0.25) is 19.9 Å². The molecule has 1 heterocycles. The molecule has 3 rings (SSSR count). The molecule has 6 heteroatoms. The van der Waals surface area contributed by atoms with E-state index in [1.165, 1.54) is 6.07 Å². The van der Waals surface area contributed by atoms with Gasteiger partial charge in [0.05, 0.1) is 21.7 Å². The van der Waals surface area contributed by atoms with Gasteiger partial charge >= 0.3 is 0 Å². The van der Waals surface area contributed by atoms with Crippen LogP contribution in [-0.4, -0.2) is 15.8 Å². The van der Waals surface area contributed by atoms with E-state index < -0.39 is 4.92 Å². The Balaban J connectivity index is 1.93. The fourth-order valence-electron chi connectivity index (χ4n) is 2.75. The molecular formula is C19H17N3O3. The molecule has 0 bridgehead atoms. The van der Waals surface area contributed by atoms with E-state index >= 15 is 0 Å². The van der Waals surface area contributed by atoms with Gasteiger partial charge in [0, 0.05) is 22.7 Å². The number of para-hydroxylation sites is 1. The lowest BCUT2D eigenvalue weighted by Gasteiger charge is -2.09. The molecule has 0 saturated heterocycles. The van der Waals surface area contributed by atoms with Gasteiger partial charge in [-0.05, 0) is 31.5 Å². The Morgan fingerprint density at radius 3 is 2.68 bits per heavy atom. The number of benzene rings is 2. The van der Waals surface area contributed by atoms with Crippen molar-refractivity contribution in [2.24, 2.45) is 0 Å². The molecule has 0 aliphatic heterocycles. The number of anilines is 1. The molecule has 0 atom stereocenters. The van der Waals surface area contributed by atoms with E-state index in [1.54, 1.807) is 25.1 Å². The van der Waals surface area contributed by atoms with Crippen LogP contribution in [0, 0.1) is 17.0 Å². The van der Waals surface area contributed by atoms with Crippen molar-refractivity contribution in [2.45, 2.75) is 20.3 Å². The van der Waals surface area contributed by atoms with E-state index in [0.29, 0.717) is 28.9 Å². The molecule has 1 amide bonds. The lowest BCUT2D eigenvalue weighted by molar-refractivity contribution is -0.385. The molecule has 0 unspecified atom stereocenters. The lowest BCUT2D eigenvalue weighted by atomic mass is 10.1. The molecule has 126 valence electrons. The summed E-state index contributed by atoms with van der Waals surface area (Å²) >= 11 is 0. The number of amides is 1. The zero-order chi connectivity index (χ0) is 18.0. The third-order valence-corrected chi connectivity index (χ3v) is 4.08. The maximum absolute atomic E-state index is 12.6. The molecule has 0 spiro atoms. The molecule has 2 aromatic carbocycles. The number of fused-ring (bicyclic) bond motifs is 1. The van der Waals surface area contributed by atoms with E-state index in [-0.39, 0.29) is 11.6 Å². The lowest BCUT2D eigenvalue weighted by Crippen LogP contribution is -2.14. The van der Waals surface area contributed by atoms with Gasteiger partial charge in [-0.2, -0.15) is 0 Å². The van der Waals surface area contributed by atoms with Gasteiger partial charge in [0.15, 0.2) is 0 Å². The Hall–Kier alpha value is -3.28. The minimum absolute atomic E-state index is 0.00802. The predicted octanol–water partition coefficient (Wildman–Crippen LogP) is 4.27. The smallest absolute Gasteiger partial charge is 0.274 e. The Labute approximate surface area is 144 Å². The van der Waals surface area contributed by atoms with Crippen molar-refractivity contribution in [1.29, 1.82) is 0 Å². The van der Waals surface area contributed by atoms with E-state index in [4.69, 9.17) is 0 Å². The highest BCUT2D eigenvalue weighted by Crippen LogP contribution is 2.24. The zero-order valence-electron chi connectivity index (χ0n) is 13.9. The normalized spacial score (nSPS) is 10.6. The summed E-state index contributed by atoms with van der Waals surface area (Å²) in [7, 11) is 0. The first-order valence-corrected chi connectivity index (χ1v) is 7.94. The first kappa shape index (κ1) is 16.6. The van der Waals surface area contributed by atoms with Gasteiger partial charge in [0.25, 0.3) is 11.6 Å². The quantitative estimate of drug-likeness (QED) is 0.570. The van der Waals surface area contributed by atoms with Gasteiger partial charge in [-0.15, -0.1) is 0 Å². The second kappa shape index (κ2) is 6.68. The van der Waals surface area contributed by atoms with Crippen molar-refractivity contribution < 1.29 is 9.72 Å². The number of nitro groups is 1. The third kappa shape index (κ3) is 3.33. The molecule has 0 fully saturated rings. The molecule has 1 N–H and O–H groups in total. The molecule has 0 saturated carbocycles. The standard InChI is InChI=1S/C19H17N3O3/c1-3-13-8-9-15(11-18(13)22(24)25)21-19(23)16-10-14-6-4-5-7-17(14)20-12(16)2/h4-11H,3H2,1-2H3,(H,21,23). The average molecular weight is 335 g/mol. The third-order valence-electron chi connectivity index (χ3n) is 4.08. The summed E-state index contributed by atoms with van der Waals surface area (Å²) < 4.78 is 0. The number of nitro benzene ring substituents is 1. The Bertz CT molecular complexity index is 983. The number of rotatable bonds is 4. The summed E-state index contributed by atoms with van der Waals surface area (Å²) in [6, 6.07) is 14.1. The summed E-state index contributed by atoms with van der Waals surface area (Å²) in [4.78, 5) is 27.8. The Morgan fingerprint density at radius 1 is 1.20 bits per heavy atom. The fourth-order valence-corrected chi connectivity index (χ4v) is 2.75. The summed E-state index contributed by atoms with van der Waals surface area (Å²) in [5.74, 6) is -0.339. The van der Waals surface area contributed by atoms with Crippen LogP contribution in [0.15, 0.2) is 48.5 Å². The van der Waals surface area contributed by atoms with E-state index in [9.17, 15) is 14.9 Å². The van der Waals surface area contributed by atoms with Crippen molar-refractivity contribution in [3.8, 4) is 0 Å². The second-order valence-electron chi connectivity index (χ2n) is 5.72. The number of pyridine rings is 1. The van der Waals surface area contributed by atoms with Gasteiger partial charge in [-0.1, -0.05) is 31.2 Å². The maximum atomic E-state index is 12.6. The van der Waals surface area contributed by atoms with Crippen molar-refractivity contribution in [3.05, 3.63) is 75.5 Å². The Morgan fingerprint density at radius 2 is 1.96 bits per heavy atom. The van der Waals surface area contributed by atoms with Gasteiger partial charge < -0.3 is 5.32 Å². The second-order valence-corrected chi connectivity index (χ2v) is 5.72. The number of nitrogens with zero attached hydrogens (tertiary/aromatic N) is 2. The van der Waals surface area contributed by atoms with Crippen molar-refractivity contribution in [3.63, 3.8) is 0 Å². The number of carbonyl (C=O) groups is 1. The predicted molar refractivity (Wildman–Crippen MR) is 96.9 cm³/mol. The molecule has 25 heavy (non-hydrogen) atoms. The first-order chi connectivity index (χ1) is 12.0. The number of hydrogen-bond acceptors (Lipinski definition) is 4. The molecule has 6 nitrogen and oxygen atoms in total. The monoisotopic (exact) mass is 335 g/mol. The van der Waals surface area contributed by atoms with Crippen LogP contribution in [-0.2, 0) is 6.42 Å². The summed E-state index contributed by atoms with van der Waals surface area (Å²) in [5.41, 5.74) is 2.90. The number of hydrogen-bond donors (Lipinski definition) is 1. The van der Waals surface area contributed by atoms with Crippen LogP contribution in [0.4, 0.5) is 11.4 Å². The topological polar surface area (TPSA) is 85.1 Å². The van der Waals surface area contributed by atoms with Gasteiger partial charge in [0.2, 0.25) is 0 Å². The van der Waals surface area contributed by atoms with Crippen LogP contribution in [0.1, 0.15) is 28.5 Å². The minimum atomic E-state index is -0.433. The van der Waals surface area contributed by atoms with Crippen molar-refractivity contribution in [1.82, 2.24) is 4.98 Å². The molecule has 0 radical (unpaired) electrons. The van der Waals surface area contributed by atoms with Crippen molar-refractivity contribution >= 4 is 28.2 Å². The molecule has 1 aromatic heterocycles. The van der Waals surface area contributed by atoms with E-state index in [2.05, 4.69) is 10.3 Å². The molecular weight excluding hydrogens is 318 g/mol. The largest absolute Gasteiger partial charge is 0.322 e. The van der Waals surface area contributed by atoms with Crippen LogP contribution < -0.4 is 5.32 Å². The molecule has 3 aromatic rings.